The van der Waals surface area contributed by atoms with Crippen molar-refractivity contribution in [3.63, 3.8) is 0 Å². The van der Waals surface area contributed by atoms with Crippen LogP contribution in [0.1, 0.15) is 109 Å². The maximum absolute atomic E-state index is 2.51. The van der Waals surface area contributed by atoms with Crippen LogP contribution in [0.5, 0.6) is 0 Å². The van der Waals surface area contributed by atoms with Crippen LogP contribution >= 0.6 is 0 Å². The summed E-state index contributed by atoms with van der Waals surface area (Å²) in [6.07, 6.45) is 5.48. The summed E-state index contributed by atoms with van der Waals surface area (Å²) in [5, 5.41) is 3.08. The first-order valence-corrected chi connectivity index (χ1v) is 12.9. The summed E-state index contributed by atoms with van der Waals surface area (Å²) >= 11 is 0.0948. The lowest BCUT2D eigenvalue weighted by atomic mass is 9.72. The summed E-state index contributed by atoms with van der Waals surface area (Å²) in [7, 11) is 0. The minimum Gasteiger partial charge on any atom is -0.0948 e. The first-order valence-electron chi connectivity index (χ1n) is 10.9. The molecule has 0 aliphatic rings. The summed E-state index contributed by atoms with van der Waals surface area (Å²) in [6.45, 7) is 29.2. The van der Waals surface area contributed by atoms with Gasteiger partial charge in [-0.1, -0.05) is 105 Å². The Balaban J connectivity index is 4.21. The van der Waals surface area contributed by atoms with Crippen LogP contribution in [0.2, 0.25) is 10.6 Å². The van der Waals surface area contributed by atoms with Crippen molar-refractivity contribution in [3.8, 4) is 0 Å². The molecule has 0 rings (SSSR count). The molecule has 25 heavy (non-hydrogen) atoms. The molecule has 0 aliphatic heterocycles. The van der Waals surface area contributed by atoms with E-state index in [2.05, 4.69) is 83.1 Å². The fraction of sp³-hybridized carbons (Fsp3) is 1.00. The molecule has 2 unspecified atom stereocenters. The molecule has 2 atom stereocenters. The Labute approximate surface area is 168 Å². The Morgan fingerprint density at radius 3 is 1.08 bits per heavy atom. The fourth-order valence-corrected chi connectivity index (χ4v) is 7.96. The van der Waals surface area contributed by atoms with Crippen molar-refractivity contribution in [2.24, 2.45) is 33.5 Å². The van der Waals surface area contributed by atoms with Crippen molar-refractivity contribution in [2.45, 2.75) is 119 Å². The molecule has 0 nitrogen and oxygen atoms in total. The van der Waals surface area contributed by atoms with Crippen LogP contribution < -0.4 is 0 Å². The molecule has 0 spiro atoms. The monoisotopic (exact) mass is 366 g/mol. The van der Waals surface area contributed by atoms with Gasteiger partial charge in [-0.2, -0.15) is 0 Å². The largest absolute Gasteiger partial charge is 0.237 e. The normalized spacial score (nSPS) is 16.6. The van der Waals surface area contributed by atoms with Crippen molar-refractivity contribution in [2.75, 3.05) is 0 Å². The third-order valence-electron chi connectivity index (χ3n) is 5.21. The first-order chi connectivity index (χ1) is 10.9. The molecule has 1 heteroatoms. The summed E-state index contributed by atoms with van der Waals surface area (Å²) in [5.41, 5.74) is 1.89. The highest BCUT2D eigenvalue weighted by molar-refractivity contribution is 6.35. The Morgan fingerprint density at radius 1 is 0.560 bits per heavy atom. The lowest BCUT2D eigenvalue weighted by Crippen LogP contribution is -2.24. The number of hydrogen-bond acceptors (Lipinski definition) is 0. The molecule has 0 heterocycles. The maximum atomic E-state index is 2.51. The summed E-state index contributed by atoms with van der Waals surface area (Å²) in [5.74, 6) is 1.83. The second kappa shape index (κ2) is 9.64. The molecule has 150 valence electrons. The zero-order chi connectivity index (χ0) is 20.1. The highest BCUT2D eigenvalue weighted by Crippen LogP contribution is 2.40. The molecule has 0 amide bonds. The molecule has 0 aliphatic carbocycles. The van der Waals surface area contributed by atoms with E-state index in [1.165, 1.54) is 36.2 Å². The van der Waals surface area contributed by atoms with Gasteiger partial charge in [-0.3, -0.25) is 0 Å². The van der Waals surface area contributed by atoms with Gasteiger partial charge in [-0.25, -0.2) is 0 Å². The summed E-state index contributed by atoms with van der Waals surface area (Å²) in [4.78, 5) is 0. The van der Waals surface area contributed by atoms with Crippen molar-refractivity contribution in [3.05, 3.63) is 0 Å². The smallest absolute Gasteiger partial charge is 0.0948 e. The van der Waals surface area contributed by atoms with E-state index in [-0.39, 0.29) is 15.2 Å². The Kier molecular flexibility index (Phi) is 9.85. The lowest BCUT2D eigenvalue weighted by Gasteiger charge is -2.35. The van der Waals surface area contributed by atoms with Crippen LogP contribution in [-0.2, 0) is 0 Å². The van der Waals surface area contributed by atoms with Gasteiger partial charge in [0.2, 0.25) is 15.2 Å². The number of hydrogen-bond donors (Lipinski definition) is 0. The van der Waals surface area contributed by atoms with E-state index in [4.69, 9.17) is 0 Å². The van der Waals surface area contributed by atoms with Crippen molar-refractivity contribution in [1.29, 1.82) is 0 Å². The van der Waals surface area contributed by atoms with Crippen LogP contribution in [0, 0.1) is 33.5 Å². The zero-order valence-electron chi connectivity index (χ0n) is 20.1. The van der Waals surface area contributed by atoms with Crippen LogP contribution in [0.4, 0.5) is 0 Å². The van der Waals surface area contributed by atoms with Gasteiger partial charge >= 0.3 is 0 Å². The lowest BCUT2D eigenvalue weighted by molar-refractivity contribution is 0.178. The number of rotatable bonds is 10. The minimum atomic E-state index is 0.0948. The molecule has 0 aromatic rings. The Bertz CT molecular complexity index is 329. The average Bonchev–Trinajstić information content (AvgIpc) is 2.18. The summed E-state index contributed by atoms with van der Waals surface area (Å²) < 4.78 is 0. The van der Waals surface area contributed by atoms with Crippen LogP contribution in [0.15, 0.2) is 0 Å². The highest BCUT2D eigenvalue weighted by Gasteiger charge is 2.28. The van der Waals surface area contributed by atoms with E-state index in [0.717, 1.165) is 11.8 Å². The third-order valence-corrected chi connectivity index (χ3v) is 8.00. The second-order valence-corrected chi connectivity index (χ2v) is 15.2. The third kappa shape index (κ3) is 15.3. The molecule has 0 N–H and O–H groups in total. The van der Waals surface area contributed by atoms with Crippen molar-refractivity contribution in [1.82, 2.24) is 0 Å². The molecule has 0 aromatic carbocycles. The minimum absolute atomic E-state index is 0.0948. The van der Waals surface area contributed by atoms with Crippen LogP contribution in [0.3, 0.4) is 0 Å². The summed E-state index contributed by atoms with van der Waals surface area (Å²) in [6, 6.07) is 0. The van der Waals surface area contributed by atoms with E-state index in [0.29, 0.717) is 21.7 Å². The zero-order valence-corrected chi connectivity index (χ0v) is 21.5. The predicted octanol–water partition coefficient (Wildman–Crippen LogP) is 8.24. The molecule has 0 bridgehead atoms. The molecule has 0 radical (unpaired) electrons. The standard InChI is InChI=1S/2C12H25.Al.H/c2*1-10(2)8-12(6,7)9-11(3,4)5;;/h2*10H,1,8-9H2,2-7H3;;. The van der Waals surface area contributed by atoms with Gasteiger partial charge in [0.1, 0.15) is 0 Å². The highest BCUT2D eigenvalue weighted by atomic mass is 27.1. The van der Waals surface area contributed by atoms with Crippen LogP contribution in [-0.4, -0.2) is 15.2 Å². The molecular weight excluding hydrogens is 315 g/mol. The average molecular weight is 367 g/mol. The van der Waals surface area contributed by atoms with Gasteiger partial charge in [0.05, 0.1) is 0 Å². The Morgan fingerprint density at radius 2 is 0.840 bits per heavy atom. The van der Waals surface area contributed by atoms with Gasteiger partial charge in [0.15, 0.2) is 0 Å². The van der Waals surface area contributed by atoms with E-state index in [9.17, 15) is 0 Å². The van der Waals surface area contributed by atoms with Gasteiger partial charge in [-0.05, 0) is 47.3 Å². The van der Waals surface area contributed by atoms with Crippen molar-refractivity contribution >= 4 is 15.2 Å². The van der Waals surface area contributed by atoms with E-state index >= 15 is 0 Å². The molecule has 0 saturated heterocycles. The van der Waals surface area contributed by atoms with Gasteiger partial charge in [0, 0.05) is 0 Å². The fourth-order valence-electron chi connectivity index (χ4n) is 5.92. The molecular formula is C24H51Al. The van der Waals surface area contributed by atoms with E-state index < -0.39 is 0 Å². The Hall–Kier alpha value is 0.532. The van der Waals surface area contributed by atoms with E-state index in [1.54, 1.807) is 0 Å². The van der Waals surface area contributed by atoms with Gasteiger partial charge in [-0.15, -0.1) is 0 Å². The van der Waals surface area contributed by atoms with Gasteiger partial charge < -0.3 is 0 Å². The van der Waals surface area contributed by atoms with Crippen LogP contribution in [0.25, 0.3) is 0 Å². The quantitative estimate of drug-likeness (QED) is 0.341. The van der Waals surface area contributed by atoms with Gasteiger partial charge in [0.25, 0.3) is 0 Å². The maximum Gasteiger partial charge on any atom is 0.237 e. The topological polar surface area (TPSA) is 0 Å². The molecule has 0 saturated carbocycles. The molecule has 0 aromatic heterocycles. The second-order valence-electron chi connectivity index (χ2n) is 13.4. The first kappa shape index (κ1) is 25.5. The predicted molar refractivity (Wildman–Crippen MR) is 120 cm³/mol. The van der Waals surface area contributed by atoms with E-state index in [1.807, 2.05) is 0 Å². The molecule has 0 fully saturated rings. The SMILES string of the molecule is CC([CH2][AlH][CH2]C(C)CC(C)(C)CC(C)(C)C)CC(C)(C)CC(C)(C)C. The van der Waals surface area contributed by atoms with Crippen molar-refractivity contribution < 1.29 is 0 Å².